The summed E-state index contributed by atoms with van der Waals surface area (Å²) < 4.78 is 5.62. The Balaban J connectivity index is 1.61. The predicted molar refractivity (Wildman–Crippen MR) is 82.8 cm³/mol. The molecule has 0 aliphatic rings. The van der Waals surface area contributed by atoms with Crippen molar-refractivity contribution in [3.8, 4) is 5.75 Å². The minimum absolute atomic E-state index is 0.130. The first-order valence-corrected chi connectivity index (χ1v) is 7.01. The Kier molecular flexibility index (Phi) is 4.00. The van der Waals surface area contributed by atoms with E-state index in [1.165, 1.54) is 0 Å². The van der Waals surface area contributed by atoms with Crippen LogP contribution in [-0.2, 0) is 0 Å². The average molecular weight is 296 g/mol. The van der Waals surface area contributed by atoms with Crippen LogP contribution in [0.1, 0.15) is 17.3 Å². The number of carbonyl (C=O) groups is 1. The summed E-state index contributed by atoms with van der Waals surface area (Å²) in [6, 6.07) is 9.37. The number of hydrogen-bond donors (Lipinski definition) is 2. The summed E-state index contributed by atoms with van der Waals surface area (Å²) in [6.45, 7) is 2.28. The van der Waals surface area contributed by atoms with Crippen LogP contribution in [0.25, 0.3) is 11.2 Å². The quantitative estimate of drug-likeness (QED) is 0.756. The topological polar surface area (TPSA) is 79.9 Å². The second kappa shape index (κ2) is 6.26. The number of carbonyl (C=O) groups excluding carboxylic acids is 1. The molecule has 3 rings (SSSR count). The molecule has 3 aromatic rings. The van der Waals surface area contributed by atoms with Gasteiger partial charge < -0.3 is 15.0 Å². The molecule has 1 atom stereocenters. The lowest BCUT2D eigenvalue weighted by Gasteiger charge is -2.14. The van der Waals surface area contributed by atoms with Crippen LogP contribution in [0.15, 0.2) is 48.9 Å². The summed E-state index contributed by atoms with van der Waals surface area (Å²) >= 11 is 0. The van der Waals surface area contributed by atoms with Gasteiger partial charge in [-0.2, -0.15) is 0 Å². The molecule has 2 aromatic heterocycles. The van der Waals surface area contributed by atoms with Gasteiger partial charge in [-0.05, 0) is 19.1 Å². The Labute approximate surface area is 127 Å². The predicted octanol–water partition coefficient (Wildman–Crippen LogP) is 2.16. The van der Waals surface area contributed by atoms with Gasteiger partial charge in [-0.25, -0.2) is 4.98 Å². The van der Waals surface area contributed by atoms with Crippen molar-refractivity contribution in [1.82, 2.24) is 20.3 Å². The van der Waals surface area contributed by atoms with E-state index in [4.69, 9.17) is 4.74 Å². The molecule has 0 fully saturated rings. The van der Waals surface area contributed by atoms with Crippen molar-refractivity contribution >= 4 is 17.1 Å². The summed E-state index contributed by atoms with van der Waals surface area (Å²) in [5.74, 6) is 0.581. The minimum Gasteiger partial charge on any atom is -0.491 e. The fraction of sp³-hybridized carbons (Fsp3) is 0.188. The van der Waals surface area contributed by atoms with E-state index in [0.29, 0.717) is 23.3 Å². The van der Waals surface area contributed by atoms with Gasteiger partial charge in [-0.3, -0.25) is 9.78 Å². The molecule has 0 radical (unpaired) electrons. The molecular weight excluding hydrogens is 280 g/mol. The summed E-state index contributed by atoms with van der Waals surface area (Å²) in [7, 11) is 0. The highest BCUT2D eigenvalue weighted by Crippen LogP contribution is 2.13. The molecular formula is C16H16N4O2. The maximum atomic E-state index is 12.3. The first-order chi connectivity index (χ1) is 10.7. The van der Waals surface area contributed by atoms with E-state index >= 15 is 0 Å². The van der Waals surface area contributed by atoms with Gasteiger partial charge in [0.05, 0.1) is 11.6 Å². The number of H-pyrrole nitrogens is 1. The third-order valence-corrected chi connectivity index (χ3v) is 3.17. The van der Waals surface area contributed by atoms with Gasteiger partial charge in [0.2, 0.25) is 0 Å². The number of benzene rings is 1. The van der Waals surface area contributed by atoms with Crippen LogP contribution in [0.5, 0.6) is 5.75 Å². The maximum absolute atomic E-state index is 12.3. The van der Waals surface area contributed by atoms with Gasteiger partial charge in [0, 0.05) is 18.6 Å². The largest absolute Gasteiger partial charge is 0.491 e. The third kappa shape index (κ3) is 3.06. The number of aromatic amines is 1. The Morgan fingerprint density at radius 3 is 2.86 bits per heavy atom. The van der Waals surface area contributed by atoms with E-state index < -0.39 is 0 Å². The second-order valence-electron chi connectivity index (χ2n) is 4.95. The van der Waals surface area contributed by atoms with E-state index in [9.17, 15) is 4.79 Å². The monoisotopic (exact) mass is 296 g/mol. The van der Waals surface area contributed by atoms with Crippen molar-refractivity contribution in [1.29, 1.82) is 0 Å². The van der Waals surface area contributed by atoms with Gasteiger partial charge in [0.1, 0.15) is 17.9 Å². The van der Waals surface area contributed by atoms with Gasteiger partial charge in [-0.1, -0.05) is 18.2 Å². The molecule has 0 spiro atoms. The number of fused-ring (bicyclic) bond motifs is 1. The first kappa shape index (κ1) is 14.1. The summed E-state index contributed by atoms with van der Waals surface area (Å²) in [5.41, 5.74) is 1.65. The molecule has 0 bridgehead atoms. The minimum atomic E-state index is -0.198. The van der Waals surface area contributed by atoms with Gasteiger partial charge in [0.25, 0.3) is 5.91 Å². The summed E-state index contributed by atoms with van der Waals surface area (Å²) in [5, 5.41) is 2.89. The van der Waals surface area contributed by atoms with Gasteiger partial charge in [0.15, 0.2) is 5.65 Å². The van der Waals surface area contributed by atoms with E-state index in [1.54, 1.807) is 18.6 Å². The molecule has 0 aliphatic carbocycles. The number of ether oxygens (including phenoxy) is 1. The number of nitrogens with zero attached hydrogens (tertiary/aromatic N) is 2. The highest BCUT2D eigenvalue weighted by molar-refractivity contribution is 6.04. The number of aromatic nitrogens is 3. The number of nitrogens with one attached hydrogen (secondary N) is 2. The number of amides is 1. The first-order valence-electron chi connectivity index (χ1n) is 7.01. The van der Waals surface area contributed by atoms with Crippen molar-refractivity contribution in [2.75, 3.05) is 6.61 Å². The molecule has 0 saturated heterocycles. The Morgan fingerprint density at radius 1 is 1.27 bits per heavy atom. The fourth-order valence-electron chi connectivity index (χ4n) is 2.10. The molecule has 6 nitrogen and oxygen atoms in total. The Hall–Kier alpha value is -2.89. The normalized spacial score (nSPS) is 12.0. The van der Waals surface area contributed by atoms with Crippen LogP contribution in [0, 0.1) is 0 Å². The van der Waals surface area contributed by atoms with Gasteiger partial charge in [-0.15, -0.1) is 0 Å². The van der Waals surface area contributed by atoms with Crippen molar-refractivity contribution in [3.63, 3.8) is 0 Å². The summed E-state index contributed by atoms with van der Waals surface area (Å²) in [6.07, 6.45) is 4.76. The SMILES string of the molecule is C[C@@H](COc1ccccc1)NC(=O)c1c[nH]c2nccnc12. The summed E-state index contributed by atoms with van der Waals surface area (Å²) in [4.78, 5) is 23.5. The van der Waals surface area contributed by atoms with Gasteiger partial charge >= 0.3 is 0 Å². The second-order valence-corrected chi connectivity index (χ2v) is 4.95. The lowest BCUT2D eigenvalue weighted by atomic mass is 10.2. The lowest BCUT2D eigenvalue weighted by Crippen LogP contribution is -2.36. The molecule has 112 valence electrons. The van der Waals surface area contributed by atoms with Crippen LogP contribution >= 0.6 is 0 Å². The molecule has 6 heteroatoms. The van der Waals surface area contributed by atoms with E-state index in [-0.39, 0.29) is 11.9 Å². The van der Waals surface area contributed by atoms with Crippen molar-refractivity contribution in [2.45, 2.75) is 13.0 Å². The maximum Gasteiger partial charge on any atom is 0.255 e. The van der Waals surface area contributed by atoms with Crippen LogP contribution in [0.3, 0.4) is 0 Å². The zero-order valence-corrected chi connectivity index (χ0v) is 12.1. The Bertz CT molecular complexity index is 770. The highest BCUT2D eigenvalue weighted by atomic mass is 16.5. The van der Waals surface area contributed by atoms with E-state index in [2.05, 4.69) is 20.3 Å². The molecule has 22 heavy (non-hydrogen) atoms. The smallest absolute Gasteiger partial charge is 0.255 e. The Morgan fingerprint density at radius 2 is 2.05 bits per heavy atom. The molecule has 2 heterocycles. The molecule has 1 amide bonds. The van der Waals surface area contributed by atoms with Crippen LogP contribution in [0.4, 0.5) is 0 Å². The fourth-order valence-corrected chi connectivity index (χ4v) is 2.10. The van der Waals surface area contributed by atoms with Crippen molar-refractivity contribution in [2.24, 2.45) is 0 Å². The van der Waals surface area contributed by atoms with E-state index in [0.717, 1.165) is 5.75 Å². The lowest BCUT2D eigenvalue weighted by molar-refractivity contribution is 0.0928. The number of hydrogen-bond acceptors (Lipinski definition) is 4. The van der Waals surface area contributed by atoms with Crippen LogP contribution < -0.4 is 10.1 Å². The molecule has 0 aliphatic heterocycles. The number of rotatable bonds is 5. The van der Waals surface area contributed by atoms with Crippen molar-refractivity contribution < 1.29 is 9.53 Å². The van der Waals surface area contributed by atoms with Crippen LogP contribution in [-0.4, -0.2) is 33.5 Å². The van der Waals surface area contributed by atoms with Crippen LogP contribution in [0.2, 0.25) is 0 Å². The molecule has 0 unspecified atom stereocenters. The highest BCUT2D eigenvalue weighted by Gasteiger charge is 2.15. The van der Waals surface area contributed by atoms with Crippen molar-refractivity contribution in [3.05, 3.63) is 54.5 Å². The third-order valence-electron chi connectivity index (χ3n) is 3.17. The molecule has 1 aromatic carbocycles. The molecule has 0 saturated carbocycles. The zero-order chi connectivity index (χ0) is 15.4. The number of para-hydroxylation sites is 1. The molecule has 2 N–H and O–H groups in total. The standard InChI is InChI=1S/C16H16N4O2/c1-11(10-22-12-5-3-2-4-6-12)20-16(21)13-9-19-15-14(13)17-7-8-18-15/h2-9,11H,10H2,1H3,(H,18,19)(H,20,21)/t11-/m0/s1. The van der Waals surface area contributed by atoms with E-state index in [1.807, 2.05) is 37.3 Å². The zero-order valence-electron chi connectivity index (χ0n) is 12.1. The average Bonchev–Trinajstić information content (AvgIpc) is 2.98.